The maximum atomic E-state index is 11.4. The SMILES string of the molecule is Cc1cc(C(C)NCCCC(=O)N(C)C)c(C)s1. The summed E-state index contributed by atoms with van der Waals surface area (Å²) in [5.74, 6) is 0.201. The number of nitrogens with one attached hydrogen (secondary N) is 1. The first-order chi connectivity index (χ1) is 8.41. The lowest BCUT2D eigenvalue weighted by molar-refractivity contribution is -0.128. The fraction of sp³-hybridized carbons (Fsp3) is 0.643. The van der Waals surface area contributed by atoms with Crippen LogP contribution in [-0.4, -0.2) is 31.4 Å². The van der Waals surface area contributed by atoms with Gasteiger partial charge in [-0.25, -0.2) is 0 Å². The largest absolute Gasteiger partial charge is 0.349 e. The third-order valence-electron chi connectivity index (χ3n) is 3.06. The molecule has 0 aliphatic rings. The second kappa shape index (κ2) is 6.90. The van der Waals surface area contributed by atoms with Crippen LogP contribution < -0.4 is 5.32 Å². The lowest BCUT2D eigenvalue weighted by Gasteiger charge is -2.14. The molecule has 18 heavy (non-hydrogen) atoms. The molecular formula is C14H24N2OS. The van der Waals surface area contributed by atoms with Crippen molar-refractivity contribution in [3.8, 4) is 0 Å². The molecule has 1 heterocycles. The molecule has 102 valence electrons. The quantitative estimate of drug-likeness (QED) is 0.805. The number of carbonyl (C=O) groups is 1. The van der Waals surface area contributed by atoms with E-state index in [1.807, 2.05) is 11.3 Å². The number of hydrogen-bond donors (Lipinski definition) is 1. The normalized spacial score (nSPS) is 12.5. The van der Waals surface area contributed by atoms with E-state index in [0.717, 1.165) is 13.0 Å². The molecule has 1 unspecified atom stereocenters. The standard InChI is InChI=1S/C14H24N2OS/c1-10-9-13(12(3)18-10)11(2)15-8-6-7-14(17)16(4)5/h9,11,15H,6-8H2,1-5H3. The van der Waals surface area contributed by atoms with Crippen LogP contribution in [0.1, 0.15) is 41.1 Å². The summed E-state index contributed by atoms with van der Waals surface area (Å²) in [6, 6.07) is 2.62. The van der Waals surface area contributed by atoms with E-state index in [2.05, 4.69) is 32.2 Å². The van der Waals surface area contributed by atoms with Crippen LogP contribution >= 0.6 is 11.3 Å². The highest BCUT2D eigenvalue weighted by Gasteiger charge is 2.10. The molecule has 1 N–H and O–H groups in total. The number of thiophene rings is 1. The molecular weight excluding hydrogens is 244 g/mol. The fourth-order valence-corrected chi connectivity index (χ4v) is 2.99. The monoisotopic (exact) mass is 268 g/mol. The summed E-state index contributed by atoms with van der Waals surface area (Å²) in [6.07, 6.45) is 1.51. The van der Waals surface area contributed by atoms with Crippen LogP contribution in [-0.2, 0) is 4.79 Å². The van der Waals surface area contributed by atoms with Gasteiger partial charge in [0.2, 0.25) is 5.91 Å². The Kier molecular flexibility index (Phi) is 5.82. The molecule has 0 aliphatic carbocycles. The minimum atomic E-state index is 0.201. The second-order valence-electron chi connectivity index (χ2n) is 4.94. The Morgan fingerprint density at radius 1 is 1.44 bits per heavy atom. The van der Waals surface area contributed by atoms with Crippen molar-refractivity contribution in [1.29, 1.82) is 0 Å². The molecule has 0 bridgehead atoms. The number of nitrogens with zero attached hydrogens (tertiary/aromatic N) is 1. The second-order valence-corrected chi connectivity index (χ2v) is 6.40. The van der Waals surface area contributed by atoms with Gasteiger partial charge in [0.15, 0.2) is 0 Å². The molecule has 1 amide bonds. The third kappa shape index (κ3) is 4.42. The summed E-state index contributed by atoms with van der Waals surface area (Å²) >= 11 is 1.84. The molecule has 1 aromatic heterocycles. The van der Waals surface area contributed by atoms with Crippen LogP contribution in [0.15, 0.2) is 6.07 Å². The Morgan fingerprint density at radius 2 is 2.11 bits per heavy atom. The molecule has 0 fully saturated rings. The van der Waals surface area contributed by atoms with Crippen molar-refractivity contribution >= 4 is 17.2 Å². The predicted octanol–water partition coefficient (Wildman–Crippen LogP) is 2.88. The van der Waals surface area contributed by atoms with E-state index in [-0.39, 0.29) is 5.91 Å². The van der Waals surface area contributed by atoms with E-state index < -0.39 is 0 Å². The number of aryl methyl sites for hydroxylation is 2. The molecule has 1 rings (SSSR count). The third-order valence-corrected chi connectivity index (χ3v) is 4.04. The molecule has 0 saturated heterocycles. The van der Waals surface area contributed by atoms with E-state index >= 15 is 0 Å². The van der Waals surface area contributed by atoms with E-state index in [1.54, 1.807) is 19.0 Å². The van der Waals surface area contributed by atoms with Crippen LogP contribution in [0, 0.1) is 13.8 Å². The van der Waals surface area contributed by atoms with Crippen molar-refractivity contribution < 1.29 is 4.79 Å². The Hall–Kier alpha value is -0.870. The smallest absolute Gasteiger partial charge is 0.222 e. The highest BCUT2D eigenvalue weighted by molar-refractivity contribution is 7.12. The predicted molar refractivity (Wildman–Crippen MR) is 78.1 cm³/mol. The summed E-state index contributed by atoms with van der Waals surface area (Å²) in [5.41, 5.74) is 1.39. The number of amides is 1. The highest BCUT2D eigenvalue weighted by atomic mass is 32.1. The minimum Gasteiger partial charge on any atom is -0.349 e. The van der Waals surface area contributed by atoms with Gasteiger partial charge in [0, 0.05) is 36.3 Å². The number of carbonyl (C=O) groups excluding carboxylic acids is 1. The van der Waals surface area contributed by atoms with Crippen molar-refractivity contribution in [3.05, 3.63) is 21.4 Å². The topological polar surface area (TPSA) is 32.3 Å². The van der Waals surface area contributed by atoms with Gasteiger partial charge < -0.3 is 10.2 Å². The molecule has 0 aromatic carbocycles. The molecule has 1 aromatic rings. The fourth-order valence-electron chi connectivity index (χ4n) is 1.97. The van der Waals surface area contributed by atoms with Crippen LogP contribution in [0.25, 0.3) is 0 Å². The van der Waals surface area contributed by atoms with Crippen molar-refractivity contribution in [2.24, 2.45) is 0 Å². The highest BCUT2D eigenvalue weighted by Crippen LogP contribution is 2.25. The van der Waals surface area contributed by atoms with Gasteiger partial charge in [-0.1, -0.05) is 0 Å². The Labute approximate surface area is 114 Å². The average Bonchev–Trinajstić information content (AvgIpc) is 2.63. The van der Waals surface area contributed by atoms with Crippen LogP contribution in [0.5, 0.6) is 0 Å². The van der Waals surface area contributed by atoms with Gasteiger partial charge in [-0.3, -0.25) is 4.79 Å². The van der Waals surface area contributed by atoms with Crippen molar-refractivity contribution in [2.45, 2.75) is 39.7 Å². The van der Waals surface area contributed by atoms with E-state index in [0.29, 0.717) is 12.5 Å². The zero-order valence-corrected chi connectivity index (χ0v) is 12.9. The molecule has 1 atom stereocenters. The number of hydrogen-bond acceptors (Lipinski definition) is 3. The van der Waals surface area contributed by atoms with Crippen LogP contribution in [0.4, 0.5) is 0 Å². The summed E-state index contributed by atoms with van der Waals surface area (Å²) in [4.78, 5) is 15.8. The summed E-state index contributed by atoms with van der Waals surface area (Å²) in [6.45, 7) is 7.38. The molecule has 3 nitrogen and oxygen atoms in total. The minimum absolute atomic E-state index is 0.201. The van der Waals surface area contributed by atoms with Crippen molar-refractivity contribution in [3.63, 3.8) is 0 Å². The lowest BCUT2D eigenvalue weighted by Crippen LogP contribution is -2.24. The van der Waals surface area contributed by atoms with E-state index in [9.17, 15) is 4.79 Å². The van der Waals surface area contributed by atoms with Gasteiger partial charge in [-0.05, 0) is 45.4 Å². The van der Waals surface area contributed by atoms with Gasteiger partial charge in [0.05, 0.1) is 0 Å². The zero-order valence-electron chi connectivity index (χ0n) is 12.0. The zero-order chi connectivity index (χ0) is 13.7. The summed E-state index contributed by atoms with van der Waals surface area (Å²) in [7, 11) is 3.60. The van der Waals surface area contributed by atoms with Crippen molar-refractivity contribution in [1.82, 2.24) is 10.2 Å². The lowest BCUT2D eigenvalue weighted by atomic mass is 10.1. The first-order valence-corrected chi connectivity index (χ1v) is 7.24. The van der Waals surface area contributed by atoms with Gasteiger partial charge >= 0.3 is 0 Å². The maximum Gasteiger partial charge on any atom is 0.222 e. The maximum absolute atomic E-state index is 11.4. The molecule has 4 heteroatoms. The molecule has 0 saturated carbocycles. The Bertz CT molecular complexity index is 398. The average molecular weight is 268 g/mol. The van der Waals surface area contributed by atoms with Crippen molar-refractivity contribution in [2.75, 3.05) is 20.6 Å². The van der Waals surface area contributed by atoms with Crippen LogP contribution in [0.3, 0.4) is 0 Å². The first kappa shape index (κ1) is 15.2. The summed E-state index contributed by atoms with van der Waals surface area (Å²) < 4.78 is 0. The molecule has 0 radical (unpaired) electrons. The van der Waals surface area contributed by atoms with Gasteiger partial charge in [0.25, 0.3) is 0 Å². The first-order valence-electron chi connectivity index (χ1n) is 6.42. The van der Waals surface area contributed by atoms with Gasteiger partial charge in [0.1, 0.15) is 0 Å². The van der Waals surface area contributed by atoms with Crippen LogP contribution in [0.2, 0.25) is 0 Å². The molecule has 0 aliphatic heterocycles. The van der Waals surface area contributed by atoms with Gasteiger partial charge in [-0.2, -0.15) is 0 Å². The number of rotatable bonds is 6. The summed E-state index contributed by atoms with van der Waals surface area (Å²) in [5, 5.41) is 3.48. The molecule has 0 spiro atoms. The Morgan fingerprint density at radius 3 is 2.61 bits per heavy atom. The van der Waals surface area contributed by atoms with E-state index in [1.165, 1.54) is 15.3 Å². The van der Waals surface area contributed by atoms with Gasteiger partial charge in [-0.15, -0.1) is 11.3 Å². The Balaban J connectivity index is 2.32. The van der Waals surface area contributed by atoms with E-state index in [4.69, 9.17) is 0 Å².